The van der Waals surface area contributed by atoms with E-state index in [-0.39, 0.29) is 5.91 Å². The highest BCUT2D eigenvalue weighted by Gasteiger charge is 2.18. The molecule has 0 spiro atoms. The Morgan fingerprint density at radius 1 is 0.973 bits per heavy atom. The zero-order chi connectivity index (χ0) is 25.6. The molecular weight excluding hydrogens is 460 g/mol. The van der Waals surface area contributed by atoms with Gasteiger partial charge >= 0.3 is 0 Å². The Bertz CT molecular complexity index is 1400. The number of pyridine rings is 2. The number of aromatic nitrogens is 2. The van der Waals surface area contributed by atoms with Crippen molar-refractivity contribution in [1.82, 2.24) is 14.9 Å². The largest absolute Gasteiger partial charge is 0.354 e. The first kappa shape index (κ1) is 24.2. The molecule has 0 saturated carbocycles. The summed E-state index contributed by atoms with van der Waals surface area (Å²) in [6.45, 7) is 6.70. The van der Waals surface area contributed by atoms with Crippen LogP contribution in [0.25, 0.3) is 11.1 Å². The van der Waals surface area contributed by atoms with Gasteiger partial charge in [0.1, 0.15) is 5.82 Å². The Labute approximate surface area is 217 Å². The number of benzene rings is 2. The highest BCUT2D eigenvalue weighted by atomic mass is 16.1. The van der Waals surface area contributed by atoms with Gasteiger partial charge in [-0.05, 0) is 77.7 Å². The maximum Gasteiger partial charge on any atom is 0.255 e. The number of carbonyl (C=O) groups excluding carboxylic acids is 1. The number of piperazine rings is 1. The summed E-state index contributed by atoms with van der Waals surface area (Å²) in [5.74, 6) is 0.731. The SMILES string of the molecule is Cc1ccc(C(=O)Nc2ccc(N3CCN(Cc4ccncc4)CC3)nc2)cc1-c1ccc(C#N)cc1. The van der Waals surface area contributed by atoms with Crippen LogP contribution in [0, 0.1) is 18.3 Å². The number of nitrogens with one attached hydrogen (secondary N) is 1. The minimum absolute atomic E-state index is 0.186. The van der Waals surface area contributed by atoms with E-state index in [0.717, 1.165) is 55.2 Å². The van der Waals surface area contributed by atoms with Gasteiger partial charge in [0.15, 0.2) is 0 Å². The van der Waals surface area contributed by atoms with Gasteiger partial charge in [-0.1, -0.05) is 18.2 Å². The van der Waals surface area contributed by atoms with E-state index in [1.807, 2.05) is 61.8 Å². The molecule has 2 aromatic carbocycles. The molecule has 1 saturated heterocycles. The summed E-state index contributed by atoms with van der Waals surface area (Å²) in [7, 11) is 0. The molecule has 7 heteroatoms. The molecule has 2 aromatic heterocycles. The fourth-order valence-corrected chi connectivity index (χ4v) is 4.53. The van der Waals surface area contributed by atoms with Crippen molar-refractivity contribution in [3.63, 3.8) is 0 Å². The smallest absolute Gasteiger partial charge is 0.255 e. The maximum atomic E-state index is 13.0. The van der Waals surface area contributed by atoms with E-state index in [9.17, 15) is 4.79 Å². The Morgan fingerprint density at radius 2 is 1.73 bits per heavy atom. The van der Waals surface area contributed by atoms with Crippen LogP contribution in [0.15, 0.2) is 85.3 Å². The molecule has 0 unspecified atom stereocenters. The van der Waals surface area contributed by atoms with Gasteiger partial charge in [0.2, 0.25) is 0 Å². The van der Waals surface area contributed by atoms with Crippen molar-refractivity contribution in [3.05, 3.63) is 108 Å². The molecule has 1 N–H and O–H groups in total. The number of hydrogen-bond donors (Lipinski definition) is 1. The molecule has 1 amide bonds. The first-order valence-corrected chi connectivity index (χ1v) is 12.3. The molecule has 1 aliphatic heterocycles. The van der Waals surface area contributed by atoms with Crippen molar-refractivity contribution in [2.24, 2.45) is 0 Å². The van der Waals surface area contributed by atoms with Crippen molar-refractivity contribution < 1.29 is 4.79 Å². The van der Waals surface area contributed by atoms with E-state index in [1.165, 1.54) is 5.56 Å². The van der Waals surface area contributed by atoms with Crippen molar-refractivity contribution in [3.8, 4) is 17.2 Å². The molecule has 0 atom stereocenters. The lowest BCUT2D eigenvalue weighted by atomic mass is 9.97. The second-order valence-electron chi connectivity index (χ2n) is 9.20. The second-order valence-corrected chi connectivity index (χ2v) is 9.20. The van der Waals surface area contributed by atoms with Crippen LogP contribution in [0.2, 0.25) is 0 Å². The molecule has 5 rings (SSSR count). The zero-order valence-corrected chi connectivity index (χ0v) is 20.8. The van der Waals surface area contributed by atoms with Gasteiger partial charge in [-0.3, -0.25) is 14.7 Å². The van der Waals surface area contributed by atoms with E-state index >= 15 is 0 Å². The monoisotopic (exact) mass is 488 g/mol. The average Bonchev–Trinajstić information content (AvgIpc) is 2.95. The van der Waals surface area contributed by atoms with Gasteiger partial charge in [0.05, 0.1) is 23.5 Å². The molecule has 37 heavy (non-hydrogen) atoms. The number of aryl methyl sites for hydroxylation is 1. The molecule has 1 aliphatic rings. The van der Waals surface area contributed by atoms with E-state index in [2.05, 4.69) is 43.3 Å². The van der Waals surface area contributed by atoms with Gasteiger partial charge in [-0.2, -0.15) is 5.26 Å². The highest BCUT2D eigenvalue weighted by Crippen LogP contribution is 2.26. The number of amides is 1. The van der Waals surface area contributed by atoms with Gasteiger partial charge in [0, 0.05) is 50.7 Å². The summed E-state index contributed by atoms with van der Waals surface area (Å²) >= 11 is 0. The van der Waals surface area contributed by atoms with E-state index in [0.29, 0.717) is 16.8 Å². The highest BCUT2D eigenvalue weighted by molar-refractivity contribution is 6.05. The van der Waals surface area contributed by atoms with E-state index in [4.69, 9.17) is 5.26 Å². The Hall–Kier alpha value is -4.54. The molecule has 4 aromatic rings. The molecule has 0 radical (unpaired) electrons. The quantitative estimate of drug-likeness (QED) is 0.416. The number of rotatable bonds is 6. The number of nitriles is 1. The maximum absolute atomic E-state index is 13.0. The van der Waals surface area contributed by atoms with Gasteiger partial charge in [-0.15, -0.1) is 0 Å². The third-order valence-corrected chi connectivity index (χ3v) is 6.68. The third kappa shape index (κ3) is 5.83. The fourth-order valence-electron chi connectivity index (χ4n) is 4.53. The van der Waals surface area contributed by atoms with Gasteiger partial charge in [0.25, 0.3) is 5.91 Å². The summed E-state index contributed by atoms with van der Waals surface area (Å²) in [4.78, 5) is 26.4. The van der Waals surface area contributed by atoms with Crippen LogP contribution in [0.1, 0.15) is 27.0 Å². The molecule has 7 nitrogen and oxygen atoms in total. The summed E-state index contributed by atoms with van der Waals surface area (Å²) in [5.41, 5.74) is 6.11. The third-order valence-electron chi connectivity index (χ3n) is 6.68. The Balaban J connectivity index is 1.20. The van der Waals surface area contributed by atoms with Crippen molar-refractivity contribution in [1.29, 1.82) is 5.26 Å². The van der Waals surface area contributed by atoms with E-state index in [1.54, 1.807) is 18.3 Å². The predicted octanol–water partition coefficient (Wildman–Crippen LogP) is 4.90. The summed E-state index contributed by atoms with van der Waals surface area (Å²) in [5, 5.41) is 12.0. The molecule has 0 aliphatic carbocycles. The minimum Gasteiger partial charge on any atom is -0.354 e. The number of hydrogen-bond acceptors (Lipinski definition) is 6. The molecule has 184 valence electrons. The minimum atomic E-state index is -0.186. The molecular formula is C30H28N6O. The van der Waals surface area contributed by atoms with Crippen LogP contribution >= 0.6 is 0 Å². The lowest BCUT2D eigenvalue weighted by Gasteiger charge is -2.35. The number of nitrogens with zero attached hydrogens (tertiary/aromatic N) is 5. The first-order chi connectivity index (χ1) is 18.1. The number of anilines is 2. The Kier molecular flexibility index (Phi) is 7.20. The van der Waals surface area contributed by atoms with Crippen LogP contribution in [0.5, 0.6) is 0 Å². The zero-order valence-electron chi connectivity index (χ0n) is 20.8. The van der Waals surface area contributed by atoms with Crippen LogP contribution in [-0.4, -0.2) is 47.0 Å². The van der Waals surface area contributed by atoms with Gasteiger partial charge < -0.3 is 10.2 Å². The standard InChI is InChI=1S/C30H28N6O/c1-22-2-5-26(18-28(22)25-6-3-23(19-31)4-7-25)30(37)34-27-8-9-29(33-20-27)36-16-14-35(15-17-36)21-24-10-12-32-13-11-24/h2-13,18,20H,14-17,21H2,1H3,(H,34,37). The summed E-state index contributed by atoms with van der Waals surface area (Å²) in [6, 6.07) is 23.2. The molecule has 1 fully saturated rings. The molecule has 0 bridgehead atoms. The fraction of sp³-hybridized carbons (Fsp3) is 0.200. The van der Waals surface area contributed by atoms with Crippen molar-refractivity contribution in [2.45, 2.75) is 13.5 Å². The van der Waals surface area contributed by atoms with E-state index < -0.39 is 0 Å². The van der Waals surface area contributed by atoms with Crippen LogP contribution < -0.4 is 10.2 Å². The lowest BCUT2D eigenvalue weighted by molar-refractivity contribution is 0.102. The van der Waals surface area contributed by atoms with Crippen LogP contribution in [0.4, 0.5) is 11.5 Å². The summed E-state index contributed by atoms with van der Waals surface area (Å²) < 4.78 is 0. The van der Waals surface area contributed by atoms with Crippen molar-refractivity contribution >= 4 is 17.4 Å². The average molecular weight is 489 g/mol. The lowest BCUT2D eigenvalue weighted by Crippen LogP contribution is -2.46. The summed E-state index contributed by atoms with van der Waals surface area (Å²) in [6.07, 6.45) is 5.39. The van der Waals surface area contributed by atoms with Crippen LogP contribution in [-0.2, 0) is 6.54 Å². The molecule has 3 heterocycles. The number of carbonyl (C=O) groups is 1. The van der Waals surface area contributed by atoms with Crippen molar-refractivity contribution in [2.75, 3.05) is 36.4 Å². The Morgan fingerprint density at radius 3 is 2.41 bits per heavy atom. The second kappa shape index (κ2) is 11.0. The first-order valence-electron chi connectivity index (χ1n) is 12.3. The van der Waals surface area contributed by atoms with Gasteiger partial charge in [-0.25, -0.2) is 4.98 Å². The predicted molar refractivity (Wildman–Crippen MR) is 145 cm³/mol. The van der Waals surface area contributed by atoms with Crippen LogP contribution in [0.3, 0.4) is 0 Å². The topological polar surface area (TPSA) is 85.2 Å². The normalized spacial score (nSPS) is 13.7.